The molecule has 3 heterocycles. The summed E-state index contributed by atoms with van der Waals surface area (Å²) in [4.78, 5) is 29.4. The van der Waals surface area contributed by atoms with Crippen LogP contribution < -0.4 is 0 Å². The maximum atomic E-state index is 12.8. The van der Waals surface area contributed by atoms with E-state index >= 15 is 0 Å². The molecule has 1 N–H and O–H groups in total. The van der Waals surface area contributed by atoms with E-state index in [1.54, 1.807) is 15.9 Å². The van der Waals surface area contributed by atoms with Crippen LogP contribution in [0.2, 0.25) is 0 Å². The van der Waals surface area contributed by atoms with Gasteiger partial charge < -0.3 is 14.9 Å². The number of rotatable bonds is 2. The van der Waals surface area contributed by atoms with Gasteiger partial charge in [-0.3, -0.25) is 9.59 Å². The van der Waals surface area contributed by atoms with Gasteiger partial charge in [-0.2, -0.15) is 0 Å². The van der Waals surface area contributed by atoms with Crippen molar-refractivity contribution in [2.75, 3.05) is 19.6 Å². The van der Waals surface area contributed by atoms with E-state index in [9.17, 15) is 14.7 Å². The summed E-state index contributed by atoms with van der Waals surface area (Å²) in [7, 11) is 0. The summed E-state index contributed by atoms with van der Waals surface area (Å²) in [6.07, 6.45) is 1.94. The number of nitrogens with zero attached hydrogens (tertiary/aromatic N) is 2. The Hall–Kier alpha value is -1.40. The highest BCUT2D eigenvalue weighted by Crippen LogP contribution is 2.25. The van der Waals surface area contributed by atoms with Crippen LogP contribution in [0, 0.1) is 5.92 Å². The molecule has 6 heteroatoms. The van der Waals surface area contributed by atoms with Crippen molar-refractivity contribution in [3.63, 3.8) is 0 Å². The maximum Gasteiger partial charge on any atom is 0.264 e. The fraction of sp³-hybridized carbons (Fsp3) is 0.625. The number of carbonyl (C=O) groups excluding carboxylic acids is 2. The Balaban J connectivity index is 1.70. The number of hydrogen-bond donors (Lipinski definition) is 1. The average Bonchev–Trinajstić information content (AvgIpc) is 3.19. The molecule has 0 bridgehead atoms. The fourth-order valence-corrected chi connectivity index (χ4v) is 3.95. The molecule has 120 valence electrons. The lowest BCUT2D eigenvalue weighted by Crippen LogP contribution is -2.53. The number of thiophene rings is 1. The molecule has 2 aliphatic heterocycles. The van der Waals surface area contributed by atoms with Gasteiger partial charge in [-0.15, -0.1) is 11.3 Å². The summed E-state index contributed by atoms with van der Waals surface area (Å²) in [5.74, 6) is 0.182. The van der Waals surface area contributed by atoms with Gasteiger partial charge in [0, 0.05) is 19.6 Å². The zero-order valence-electron chi connectivity index (χ0n) is 12.8. The molecule has 2 unspecified atom stereocenters. The van der Waals surface area contributed by atoms with Crippen LogP contribution in [0.1, 0.15) is 35.9 Å². The Morgan fingerprint density at radius 2 is 2.14 bits per heavy atom. The number of β-amino-alcohol motifs (C(OH)–C–C–N with tert-alkyl or cyclic N) is 1. The lowest BCUT2D eigenvalue weighted by Gasteiger charge is -2.37. The molecular weight excluding hydrogens is 300 g/mol. The molecule has 5 nitrogen and oxygen atoms in total. The van der Waals surface area contributed by atoms with Gasteiger partial charge in [-0.1, -0.05) is 13.0 Å². The van der Waals surface area contributed by atoms with Crippen molar-refractivity contribution in [3.8, 4) is 0 Å². The zero-order chi connectivity index (χ0) is 15.7. The van der Waals surface area contributed by atoms with Crippen molar-refractivity contribution in [1.29, 1.82) is 0 Å². The van der Waals surface area contributed by atoms with E-state index < -0.39 is 6.10 Å². The monoisotopic (exact) mass is 322 g/mol. The summed E-state index contributed by atoms with van der Waals surface area (Å²) in [6.45, 7) is 3.71. The summed E-state index contributed by atoms with van der Waals surface area (Å²) in [6, 6.07) is 3.29. The van der Waals surface area contributed by atoms with Crippen LogP contribution >= 0.6 is 11.3 Å². The lowest BCUT2D eigenvalue weighted by atomic mass is 9.95. The highest BCUT2D eigenvalue weighted by Gasteiger charge is 2.39. The third kappa shape index (κ3) is 2.90. The van der Waals surface area contributed by atoms with Gasteiger partial charge in [0.2, 0.25) is 5.91 Å². The minimum Gasteiger partial charge on any atom is -0.391 e. The predicted octanol–water partition coefficient (Wildman–Crippen LogP) is 1.58. The molecule has 2 aliphatic rings. The standard InChI is InChI=1S/C16H22N2O3S/c1-11-6-8-17(10-13(11)19)15(20)12-4-2-7-18(12)16(21)14-5-3-9-22-14/h3,5,9,11-13,19H,2,4,6-8,10H2,1H3/t11?,12-,13?/m0/s1. The molecule has 0 radical (unpaired) electrons. The number of amides is 2. The van der Waals surface area contributed by atoms with Gasteiger partial charge in [0.15, 0.2) is 0 Å². The molecule has 1 aromatic heterocycles. The predicted molar refractivity (Wildman–Crippen MR) is 84.7 cm³/mol. The Kier molecular flexibility index (Phi) is 4.49. The van der Waals surface area contributed by atoms with E-state index in [0.29, 0.717) is 24.5 Å². The lowest BCUT2D eigenvalue weighted by molar-refractivity contribution is -0.139. The summed E-state index contributed by atoms with van der Waals surface area (Å²) in [5.41, 5.74) is 0. The SMILES string of the molecule is CC1CCN(C(=O)[C@@H]2CCCN2C(=O)c2cccs2)CC1O. The van der Waals surface area contributed by atoms with Crippen LogP contribution in [0.15, 0.2) is 17.5 Å². The van der Waals surface area contributed by atoms with Crippen LogP contribution in [-0.2, 0) is 4.79 Å². The Labute approximate surface area is 134 Å². The number of hydrogen-bond acceptors (Lipinski definition) is 4. The van der Waals surface area contributed by atoms with Crippen LogP contribution in [0.4, 0.5) is 0 Å². The van der Waals surface area contributed by atoms with Gasteiger partial charge >= 0.3 is 0 Å². The van der Waals surface area contributed by atoms with Crippen molar-refractivity contribution >= 4 is 23.2 Å². The molecule has 0 aliphatic carbocycles. The van der Waals surface area contributed by atoms with E-state index in [4.69, 9.17) is 0 Å². The van der Waals surface area contributed by atoms with Crippen LogP contribution in [-0.4, -0.2) is 58.5 Å². The normalized spacial score (nSPS) is 28.9. The maximum absolute atomic E-state index is 12.8. The molecule has 1 aromatic rings. The zero-order valence-corrected chi connectivity index (χ0v) is 13.6. The van der Waals surface area contributed by atoms with Gasteiger partial charge in [0.25, 0.3) is 5.91 Å². The molecule has 2 saturated heterocycles. The van der Waals surface area contributed by atoms with E-state index in [1.807, 2.05) is 18.4 Å². The second kappa shape index (κ2) is 6.38. The van der Waals surface area contributed by atoms with Crippen molar-refractivity contribution in [3.05, 3.63) is 22.4 Å². The van der Waals surface area contributed by atoms with Gasteiger partial charge in [0.05, 0.1) is 11.0 Å². The quantitative estimate of drug-likeness (QED) is 0.899. The largest absolute Gasteiger partial charge is 0.391 e. The minimum atomic E-state index is -0.458. The van der Waals surface area contributed by atoms with Gasteiger partial charge in [-0.05, 0) is 36.6 Å². The third-order valence-electron chi connectivity index (χ3n) is 4.76. The van der Waals surface area contributed by atoms with Crippen molar-refractivity contribution in [2.45, 2.75) is 38.3 Å². The summed E-state index contributed by atoms with van der Waals surface area (Å²) >= 11 is 1.41. The second-order valence-electron chi connectivity index (χ2n) is 6.25. The Bertz CT molecular complexity index is 546. The second-order valence-corrected chi connectivity index (χ2v) is 7.20. The average molecular weight is 322 g/mol. The molecule has 3 rings (SSSR count). The van der Waals surface area contributed by atoms with Crippen LogP contribution in [0.25, 0.3) is 0 Å². The van der Waals surface area contributed by atoms with E-state index in [0.717, 1.165) is 19.3 Å². The number of piperidine rings is 1. The number of aliphatic hydroxyl groups excluding tert-OH is 1. The van der Waals surface area contributed by atoms with Gasteiger partial charge in [-0.25, -0.2) is 0 Å². The molecule has 2 amide bonds. The highest BCUT2D eigenvalue weighted by atomic mass is 32.1. The first kappa shape index (κ1) is 15.5. The highest BCUT2D eigenvalue weighted by molar-refractivity contribution is 7.12. The number of carbonyl (C=O) groups is 2. The fourth-order valence-electron chi connectivity index (χ4n) is 3.27. The van der Waals surface area contributed by atoms with Crippen molar-refractivity contribution < 1.29 is 14.7 Å². The first-order chi connectivity index (χ1) is 10.6. The molecule has 3 atom stereocenters. The first-order valence-corrected chi connectivity index (χ1v) is 8.77. The molecule has 0 spiro atoms. The number of likely N-dealkylation sites (tertiary alicyclic amines) is 2. The molecule has 22 heavy (non-hydrogen) atoms. The number of aliphatic hydroxyl groups is 1. The van der Waals surface area contributed by atoms with Gasteiger partial charge in [0.1, 0.15) is 6.04 Å². The minimum absolute atomic E-state index is 0.00615. The van der Waals surface area contributed by atoms with E-state index in [1.165, 1.54) is 11.3 Å². The van der Waals surface area contributed by atoms with Crippen molar-refractivity contribution in [1.82, 2.24) is 9.80 Å². The molecule has 0 saturated carbocycles. The van der Waals surface area contributed by atoms with Crippen molar-refractivity contribution in [2.24, 2.45) is 5.92 Å². The summed E-state index contributed by atoms with van der Waals surface area (Å²) < 4.78 is 0. The van der Waals surface area contributed by atoms with Crippen LogP contribution in [0.3, 0.4) is 0 Å². The Morgan fingerprint density at radius 1 is 1.32 bits per heavy atom. The first-order valence-electron chi connectivity index (χ1n) is 7.89. The Morgan fingerprint density at radius 3 is 2.82 bits per heavy atom. The molecule has 0 aromatic carbocycles. The topological polar surface area (TPSA) is 60.9 Å². The third-order valence-corrected chi connectivity index (χ3v) is 5.62. The van der Waals surface area contributed by atoms with E-state index in [2.05, 4.69) is 0 Å². The summed E-state index contributed by atoms with van der Waals surface area (Å²) in [5, 5.41) is 11.9. The molecule has 2 fully saturated rings. The molecular formula is C16H22N2O3S. The van der Waals surface area contributed by atoms with Crippen LogP contribution in [0.5, 0.6) is 0 Å². The smallest absolute Gasteiger partial charge is 0.264 e. The van der Waals surface area contributed by atoms with E-state index in [-0.39, 0.29) is 23.8 Å².